The smallest absolute Gasteiger partial charge is 0.407 e. The molecule has 1 amide bonds. The van der Waals surface area contributed by atoms with Crippen LogP contribution >= 0.6 is 0 Å². The number of alkyl carbamates (subject to hydrolysis) is 1. The highest BCUT2D eigenvalue weighted by Crippen LogP contribution is 2.31. The van der Waals surface area contributed by atoms with Crippen LogP contribution in [0.25, 0.3) is 0 Å². The molecule has 1 spiro atoms. The van der Waals surface area contributed by atoms with Crippen molar-refractivity contribution in [2.75, 3.05) is 19.6 Å². The Hall–Kier alpha value is -1.60. The van der Waals surface area contributed by atoms with Crippen LogP contribution in [-0.4, -0.2) is 44.1 Å². The molecule has 0 atom stereocenters. The summed E-state index contributed by atoms with van der Waals surface area (Å²) >= 11 is 0. The fourth-order valence-corrected chi connectivity index (χ4v) is 4.22. The van der Waals surface area contributed by atoms with E-state index in [1.165, 1.54) is 4.31 Å². The lowest BCUT2D eigenvalue weighted by Crippen LogP contribution is -2.48. The Kier molecular flexibility index (Phi) is 3.41. The van der Waals surface area contributed by atoms with Crippen LogP contribution in [0.5, 0.6) is 0 Å². The number of rotatable bonds is 2. The highest BCUT2D eigenvalue weighted by molar-refractivity contribution is 7.89. The molecule has 2 saturated heterocycles. The second-order valence-corrected chi connectivity index (χ2v) is 7.58. The number of ether oxygens (including phenoxy) is 1. The Morgan fingerprint density at radius 3 is 2.33 bits per heavy atom. The van der Waals surface area contributed by atoms with Gasteiger partial charge in [-0.15, -0.1) is 0 Å². The maximum absolute atomic E-state index is 12.6. The van der Waals surface area contributed by atoms with Gasteiger partial charge in [0.05, 0.1) is 11.4 Å². The summed E-state index contributed by atoms with van der Waals surface area (Å²) < 4.78 is 31.9. The number of carbonyl (C=O) groups excluding carboxylic acids is 1. The van der Waals surface area contributed by atoms with Crippen molar-refractivity contribution in [1.82, 2.24) is 9.62 Å². The number of hydrogen-bond donors (Lipinski definition) is 1. The van der Waals surface area contributed by atoms with Crippen molar-refractivity contribution in [3.8, 4) is 0 Å². The number of piperidine rings is 1. The Morgan fingerprint density at radius 1 is 1.19 bits per heavy atom. The lowest BCUT2D eigenvalue weighted by Gasteiger charge is -2.36. The van der Waals surface area contributed by atoms with E-state index in [2.05, 4.69) is 5.32 Å². The minimum Gasteiger partial charge on any atom is -0.441 e. The van der Waals surface area contributed by atoms with Crippen LogP contribution in [0, 0.1) is 6.92 Å². The summed E-state index contributed by atoms with van der Waals surface area (Å²) in [6, 6.07) is 6.85. The molecule has 1 aromatic rings. The first-order valence-electron chi connectivity index (χ1n) is 6.95. The Bertz CT molecular complexity index is 646. The molecule has 1 aromatic carbocycles. The minimum absolute atomic E-state index is 0.311. The van der Waals surface area contributed by atoms with Crippen LogP contribution in [-0.2, 0) is 14.8 Å². The fraction of sp³-hybridized carbons (Fsp3) is 0.500. The Labute approximate surface area is 124 Å². The van der Waals surface area contributed by atoms with Gasteiger partial charge in [0.1, 0.15) is 5.60 Å². The molecule has 2 aliphatic heterocycles. The number of aryl methyl sites for hydroxylation is 1. The zero-order chi connectivity index (χ0) is 15.1. The van der Waals surface area contributed by atoms with Gasteiger partial charge < -0.3 is 10.1 Å². The second-order valence-electron chi connectivity index (χ2n) is 5.64. The molecule has 3 rings (SSSR count). The highest BCUT2D eigenvalue weighted by Gasteiger charge is 2.44. The van der Waals surface area contributed by atoms with E-state index >= 15 is 0 Å². The molecule has 2 heterocycles. The van der Waals surface area contributed by atoms with Crippen LogP contribution in [0.3, 0.4) is 0 Å². The third-order valence-electron chi connectivity index (χ3n) is 4.16. The number of sulfonamides is 1. The van der Waals surface area contributed by atoms with E-state index in [0.29, 0.717) is 37.4 Å². The van der Waals surface area contributed by atoms with Crippen molar-refractivity contribution < 1.29 is 17.9 Å². The number of carbonyl (C=O) groups is 1. The first kappa shape index (κ1) is 14.3. The van der Waals surface area contributed by atoms with Gasteiger partial charge in [-0.3, -0.25) is 0 Å². The third kappa shape index (κ3) is 2.63. The topological polar surface area (TPSA) is 75.7 Å². The Balaban J connectivity index is 1.74. The van der Waals surface area contributed by atoms with Crippen LogP contribution in [0.4, 0.5) is 4.79 Å². The van der Waals surface area contributed by atoms with Gasteiger partial charge in [0.25, 0.3) is 0 Å². The van der Waals surface area contributed by atoms with Crippen LogP contribution in [0.2, 0.25) is 0 Å². The fourth-order valence-electron chi connectivity index (χ4n) is 2.77. The average molecular weight is 310 g/mol. The van der Waals surface area contributed by atoms with Crippen molar-refractivity contribution in [3.05, 3.63) is 29.8 Å². The minimum atomic E-state index is -3.47. The van der Waals surface area contributed by atoms with Gasteiger partial charge in [0, 0.05) is 25.9 Å². The predicted octanol–water partition coefficient (Wildman–Crippen LogP) is 1.26. The molecule has 0 aliphatic carbocycles. The molecule has 2 aliphatic rings. The number of nitrogens with one attached hydrogen (secondary N) is 1. The SMILES string of the molecule is Cc1ccc(S(=O)(=O)N2CCC3(CC2)CNC(=O)O3)cc1. The summed E-state index contributed by atoms with van der Waals surface area (Å²) in [6.45, 7) is 3.11. The van der Waals surface area contributed by atoms with E-state index in [-0.39, 0.29) is 0 Å². The maximum Gasteiger partial charge on any atom is 0.407 e. The van der Waals surface area contributed by atoms with E-state index in [4.69, 9.17) is 4.74 Å². The summed E-state index contributed by atoms with van der Waals surface area (Å²) in [5, 5.41) is 2.64. The summed E-state index contributed by atoms with van der Waals surface area (Å²) in [7, 11) is -3.47. The first-order chi connectivity index (χ1) is 9.91. The molecule has 6 nitrogen and oxygen atoms in total. The lowest BCUT2D eigenvalue weighted by atomic mass is 9.93. The first-order valence-corrected chi connectivity index (χ1v) is 8.39. The van der Waals surface area contributed by atoms with Gasteiger partial charge in [0.2, 0.25) is 10.0 Å². The van der Waals surface area contributed by atoms with Gasteiger partial charge in [-0.25, -0.2) is 13.2 Å². The quantitative estimate of drug-likeness (QED) is 0.892. The summed E-state index contributed by atoms with van der Waals surface area (Å²) in [5.41, 5.74) is 0.492. The van der Waals surface area contributed by atoms with Crippen molar-refractivity contribution in [2.45, 2.75) is 30.3 Å². The Morgan fingerprint density at radius 2 is 1.81 bits per heavy atom. The predicted molar refractivity (Wildman–Crippen MR) is 76.4 cm³/mol. The van der Waals surface area contributed by atoms with Crippen molar-refractivity contribution in [1.29, 1.82) is 0 Å². The molecule has 0 unspecified atom stereocenters. The molecule has 7 heteroatoms. The molecule has 0 saturated carbocycles. The van der Waals surface area contributed by atoms with Crippen LogP contribution in [0.15, 0.2) is 29.2 Å². The largest absolute Gasteiger partial charge is 0.441 e. The molecule has 114 valence electrons. The van der Waals surface area contributed by atoms with E-state index in [1.807, 2.05) is 6.92 Å². The molecule has 1 N–H and O–H groups in total. The maximum atomic E-state index is 12.6. The van der Waals surface area contributed by atoms with Crippen molar-refractivity contribution in [3.63, 3.8) is 0 Å². The monoisotopic (exact) mass is 310 g/mol. The molecular formula is C14H18N2O4S. The standard InChI is InChI=1S/C14H18N2O4S/c1-11-2-4-12(5-3-11)21(18,19)16-8-6-14(7-9-16)10-15-13(17)20-14/h2-5H,6-10H2,1H3,(H,15,17). The summed E-state index contributed by atoms with van der Waals surface area (Å²) in [6.07, 6.45) is 0.637. The molecule has 2 fully saturated rings. The van der Waals surface area contributed by atoms with Gasteiger partial charge in [0.15, 0.2) is 0 Å². The van der Waals surface area contributed by atoms with E-state index in [1.54, 1.807) is 24.3 Å². The molecular weight excluding hydrogens is 292 g/mol. The second kappa shape index (κ2) is 4.99. The number of nitrogens with zero attached hydrogens (tertiary/aromatic N) is 1. The summed E-state index contributed by atoms with van der Waals surface area (Å²) in [5.74, 6) is 0. The molecule has 0 bridgehead atoms. The molecule has 21 heavy (non-hydrogen) atoms. The average Bonchev–Trinajstić information content (AvgIpc) is 2.81. The van der Waals surface area contributed by atoms with E-state index in [9.17, 15) is 13.2 Å². The van der Waals surface area contributed by atoms with Gasteiger partial charge in [-0.1, -0.05) is 17.7 Å². The van der Waals surface area contributed by atoms with Gasteiger partial charge in [-0.2, -0.15) is 4.31 Å². The van der Waals surface area contributed by atoms with Crippen LogP contribution < -0.4 is 5.32 Å². The van der Waals surface area contributed by atoms with Crippen LogP contribution in [0.1, 0.15) is 18.4 Å². The zero-order valence-electron chi connectivity index (χ0n) is 11.8. The number of benzene rings is 1. The lowest BCUT2D eigenvalue weighted by molar-refractivity contribution is 0.0173. The third-order valence-corrected chi connectivity index (χ3v) is 6.07. The van der Waals surface area contributed by atoms with Gasteiger partial charge >= 0.3 is 6.09 Å². The van der Waals surface area contributed by atoms with Crippen molar-refractivity contribution in [2.24, 2.45) is 0 Å². The highest BCUT2D eigenvalue weighted by atomic mass is 32.2. The van der Waals surface area contributed by atoms with E-state index in [0.717, 1.165) is 5.56 Å². The number of hydrogen-bond acceptors (Lipinski definition) is 4. The van der Waals surface area contributed by atoms with E-state index < -0.39 is 21.7 Å². The molecule has 0 radical (unpaired) electrons. The molecule has 0 aromatic heterocycles. The van der Waals surface area contributed by atoms with Gasteiger partial charge in [-0.05, 0) is 19.1 Å². The van der Waals surface area contributed by atoms with Crippen molar-refractivity contribution >= 4 is 16.1 Å². The summed E-state index contributed by atoms with van der Waals surface area (Å²) in [4.78, 5) is 11.5. The number of amides is 1. The zero-order valence-corrected chi connectivity index (χ0v) is 12.6. The normalized spacial score (nSPS) is 22.0.